The Bertz CT molecular complexity index is 689. The minimum absolute atomic E-state index is 0.0341. The van der Waals surface area contributed by atoms with Crippen molar-refractivity contribution in [2.75, 3.05) is 4.72 Å². The monoisotopic (exact) mass is 353 g/mol. The molecule has 0 spiro atoms. The number of rotatable bonds is 4. The second-order valence-corrected chi connectivity index (χ2v) is 7.36. The van der Waals surface area contributed by atoms with E-state index in [1.54, 1.807) is 12.1 Å². The molecule has 0 radical (unpaired) electrons. The smallest absolute Gasteiger partial charge is 0.236 e. The van der Waals surface area contributed by atoms with Gasteiger partial charge in [-0.25, -0.2) is 8.42 Å². The molecule has 0 aliphatic carbocycles. The molecule has 0 fully saturated rings. The van der Waals surface area contributed by atoms with Crippen molar-refractivity contribution < 1.29 is 8.42 Å². The highest BCUT2D eigenvalue weighted by Crippen LogP contribution is 2.29. The van der Waals surface area contributed by atoms with E-state index in [1.807, 2.05) is 44.2 Å². The van der Waals surface area contributed by atoms with Crippen LogP contribution in [0.4, 0.5) is 5.69 Å². The van der Waals surface area contributed by atoms with Gasteiger partial charge in [0.05, 0.1) is 11.4 Å². The van der Waals surface area contributed by atoms with E-state index < -0.39 is 10.0 Å². The number of hydrogen-bond donors (Lipinski definition) is 1. The minimum Gasteiger partial charge on any atom is -0.282 e. The lowest BCUT2D eigenvalue weighted by Gasteiger charge is -2.13. The van der Waals surface area contributed by atoms with Crippen LogP contribution < -0.4 is 4.72 Å². The van der Waals surface area contributed by atoms with Crippen LogP contribution in [0.25, 0.3) is 0 Å². The third-order valence-corrected chi connectivity index (χ3v) is 4.74. The van der Waals surface area contributed by atoms with Crippen molar-refractivity contribution in [3.05, 3.63) is 63.6 Å². The molecule has 0 aliphatic rings. The first kappa shape index (κ1) is 15.1. The first-order valence-corrected chi connectivity index (χ1v) is 8.63. The molecule has 0 atom stereocenters. The van der Waals surface area contributed by atoms with Crippen LogP contribution >= 0.6 is 15.9 Å². The van der Waals surface area contributed by atoms with Crippen LogP contribution in [0.1, 0.15) is 16.7 Å². The largest absolute Gasteiger partial charge is 0.282 e. The molecule has 0 heterocycles. The van der Waals surface area contributed by atoms with Gasteiger partial charge in [-0.2, -0.15) is 0 Å². The van der Waals surface area contributed by atoms with Crippen LogP contribution in [-0.4, -0.2) is 8.42 Å². The molecular weight excluding hydrogens is 338 g/mol. The fourth-order valence-electron chi connectivity index (χ4n) is 2.03. The van der Waals surface area contributed by atoms with Gasteiger partial charge >= 0.3 is 0 Å². The molecule has 0 aromatic heterocycles. The summed E-state index contributed by atoms with van der Waals surface area (Å²) >= 11 is 3.41. The van der Waals surface area contributed by atoms with Crippen molar-refractivity contribution in [2.45, 2.75) is 19.6 Å². The Balaban J connectivity index is 2.25. The highest BCUT2D eigenvalue weighted by molar-refractivity contribution is 9.10. The van der Waals surface area contributed by atoms with Crippen LogP contribution in [0, 0.1) is 13.8 Å². The van der Waals surface area contributed by atoms with Gasteiger partial charge in [0.1, 0.15) is 0 Å². The summed E-state index contributed by atoms with van der Waals surface area (Å²) in [5.74, 6) is -0.0341. The maximum atomic E-state index is 12.2. The molecule has 20 heavy (non-hydrogen) atoms. The maximum Gasteiger partial charge on any atom is 0.236 e. The van der Waals surface area contributed by atoms with Gasteiger partial charge in [0.2, 0.25) is 10.0 Å². The van der Waals surface area contributed by atoms with E-state index in [0.29, 0.717) is 5.69 Å². The van der Waals surface area contributed by atoms with E-state index >= 15 is 0 Å². The predicted octanol–water partition coefficient (Wildman–Crippen LogP) is 4.01. The number of hydrogen-bond acceptors (Lipinski definition) is 2. The van der Waals surface area contributed by atoms with Gasteiger partial charge in [-0.05, 0) is 52.5 Å². The zero-order chi connectivity index (χ0) is 14.8. The molecule has 0 saturated heterocycles. The summed E-state index contributed by atoms with van der Waals surface area (Å²) in [6.07, 6.45) is 0. The van der Waals surface area contributed by atoms with Gasteiger partial charge in [0, 0.05) is 4.47 Å². The van der Waals surface area contributed by atoms with Crippen LogP contribution in [0.5, 0.6) is 0 Å². The first-order chi connectivity index (χ1) is 9.37. The standard InChI is InChI=1S/C15H16BrNO2S/c1-11-8-12(2)15(14(16)9-11)17-20(18,19)10-13-6-4-3-5-7-13/h3-9,17H,10H2,1-2H3. The zero-order valence-electron chi connectivity index (χ0n) is 11.4. The molecule has 5 heteroatoms. The molecule has 106 valence electrons. The van der Waals surface area contributed by atoms with Crippen molar-refractivity contribution in [3.8, 4) is 0 Å². The summed E-state index contributed by atoms with van der Waals surface area (Å²) in [5, 5.41) is 0. The number of benzene rings is 2. The second kappa shape index (κ2) is 5.97. The fourth-order valence-corrected chi connectivity index (χ4v) is 4.22. The first-order valence-electron chi connectivity index (χ1n) is 6.18. The highest BCUT2D eigenvalue weighted by atomic mass is 79.9. The molecule has 0 bridgehead atoms. The normalized spacial score (nSPS) is 11.3. The van der Waals surface area contributed by atoms with E-state index in [9.17, 15) is 8.42 Å². The highest BCUT2D eigenvalue weighted by Gasteiger charge is 2.15. The van der Waals surface area contributed by atoms with E-state index in [2.05, 4.69) is 20.7 Å². The molecule has 0 aliphatic heterocycles. The van der Waals surface area contributed by atoms with Crippen LogP contribution in [0.2, 0.25) is 0 Å². The molecule has 3 nitrogen and oxygen atoms in total. The number of anilines is 1. The Morgan fingerprint density at radius 3 is 2.35 bits per heavy atom. The molecular formula is C15H16BrNO2S. The van der Waals surface area contributed by atoms with E-state index in [0.717, 1.165) is 21.2 Å². The lowest BCUT2D eigenvalue weighted by molar-refractivity contribution is 0.600. The van der Waals surface area contributed by atoms with E-state index in [4.69, 9.17) is 0 Å². The summed E-state index contributed by atoms with van der Waals surface area (Å²) < 4.78 is 27.9. The van der Waals surface area contributed by atoms with Gasteiger partial charge in [0.25, 0.3) is 0 Å². The van der Waals surface area contributed by atoms with Gasteiger partial charge in [0.15, 0.2) is 0 Å². The molecule has 2 aromatic rings. The summed E-state index contributed by atoms with van der Waals surface area (Å²) in [4.78, 5) is 0. The average molecular weight is 354 g/mol. The lowest BCUT2D eigenvalue weighted by Crippen LogP contribution is -2.16. The zero-order valence-corrected chi connectivity index (χ0v) is 13.8. The summed E-state index contributed by atoms with van der Waals surface area (Å²) in [7, 11) is -3.43. The average Bonchev–Trinajstić information content (AvgIpc) is 2.34. The summed E-state index contributed by atoms with van der Waals surface area (Å²) in [5.41, 5.74) is 3.35. The minimum atomic E-state index is -3.43. The van der Waals surface area contributed by atoms with Crippen molar-refractivity contribution in [2.24, 2.45) is 0 Å². The van der Waals surface area contributed by atoms with Gasteiger partial charge in [-0.15, -0.1) is 0 Å². The van der Waals surface area contributed by atoms with E-state index in [-0.39, 0.29) is 5.75 Å². The van der Waals surface area contributed by atoms with E-state index in [1.165, 1.54) is 0 Å². The lowest BCUT2D eigenvalue weighted by atomic mass is 10.1. The van der Waals surface area contributed by atoms with Gasteiger partial charge in [-0.3, -0.25) is 4.72 Å². The summed E-state index contributed by atoms with van der Waals surface area (Å²) in [6, 6.07) is 13.0. The number of sulfonamides is 1. The maximum absolute atomic E-state index is 12.2. The molecule has 1 N–H and O–H groups in total. The Labute approximate surface area is 128 Å². The van der Waals surface area contributed by atoms with Gasteiger partial charge in [-0.1, -0.05) is 36.4 Å². The summed E-state index contributed by atoms with van der Waals surface area (Å²) in [6.45, 7) is 3.86. The van der Waals surface area contributed by atoms with Crippen LogP contribution in [-0.2, 0) is 15.8 Å². The molecule has 2 aromatic carbocycles. The van der Waals surface area contributed by atoms with Crippen molar-refractivity contribution in [3.63, 3.8) is 0 Å². The number of nitrogens with one attached hydrogen (secondary N) is 1. The van der Waals surface area contributed by atoms with Gasteiger partial charge < -0.3 is 0 Å². The molecule has 2 rings (SSSR count). The predicted molar refractivity (Wildman–Crippen MR) is 86.3 cm³/mol. The Morgan fingerprint density at radius 2 is 1.75 bits per heavy atom. The number of halogens is 1. The third-order valence-electron chi connectivity index (χ3n) is 2.89. The molecule has 0 saturated carbocycles. The molecule has 0 unspecified atom stereocenters. The Hall–Kier alpha value is -1.33. The topological polar surface area (TPSA) is 46.2 Å². The Kier molecular flexibility index (Phi) is 4.50. The van der Waals surface area contributed by atoms with Crippen molar-refractivity contribution in [1.29, 1.82) is 0 Å². The van der Waals surface area contributed by atoms with Crippen molar-refractivity contribution >= 4 is 31.6 Å². The second-order valence-electron chi connectivity index (χ2n) is 4.79. The third kappa shape index (κ3) is 3.84. The fraction of sp³-hybridized carbons (Fsp3) is 0.200. The quantitative estimate of drug-likeness (QED) is 0.902. The van der Waals surface area contributed by atoms with Crippen LogP contribution in [0.15, 0.2) is 46.9 Å². The Morgan fingerprint density at radius 1 is 1.10 bits per heavy atom. The van der Waals surface area contributed by atoms with Crippen molar-refractivity contribution in [1.82, 2.24) is 0 Å². The molecule has 0 amide bonds. The van der Waals surface area contributed by atoms with Crippen LogP contribution in [0.3, 0.4) is 0 Å². The number of aryl methyl sites for hydroxylation is 2. The SMILES string of the molecule is Cc1cc(C)c(NS(=O)(=O)Cc2ccccc2)c(Br)c1.